The van der Waals surface area contributed by atoms with Crippen LogP contribution in [0.2, 0.25) is 0 Å². The van der Waals surface area contributed by atoms with E-state index < -0.39 is 6.04 Å². The van der Waals surface area contributed by atoms with Crippen LogP contribution < -0.4 is 10.1 Å². The van der Waals surface area contributed by atoms with Gasteiger partial charge in [-0.05, 0) is 42.9 Å². The lowest BCUT2D eigenvalue weighted by atomic mass is 9.96. The third-order valence-corrected chi connectivity index (χ3v) is 6.03. The molecule has 4 rings (SSSR count). The second-order valence-electron chi connectivity index (χ2n) is 7.75. The quantitative estimate of drug-likeness (QED) is 0.325. The molecule has 1 aliphatic rings. The van der Waals surface area contributed by atoms with Crippen LogP contribution in [0.5, 0.6) is 5.75 Å². The molecule has 9 heteroatoms. The Bertz CT molecular complexity index is 1190. The van der Waals surface area contributed by atoms with Crippen LogP contribution in [0, 0.1) is 5.82 Å². The van der Waals surface area contributed by atoms with Crippen molar-refractivity contribution in [3.63, 3.8) is 0 Å². The zero-order chi connectivity index (χ0) is 24.1. The lowest BCUT2D eigenvalue weighted by molar-refractivity contribution is -0.139. The number of hydrogen-bond donors (Lipinski definition) is 1. The van der Waals surface area contributed by atoms with Crippen LogP contribution >= 0.6 is 11.8 Å². The zero-order valence-corrected chi connectivity index (χ0v) is 20.2. The second kappa shape index (κ2) is 10.7. The van der Waals surface area contributed by atoms with Gasteiger partial charge in [0.25, 0.3) is 0 Å². The molecule has 1 aliphatic heterocycles. The van der Waals surface area contributed by atoms with Crippen molar-refractivity contribution in [1.29, 1.82) is 0 Å². The number of allylic oxidation sites excluding steroid dienone is 1. The summed E-state index contributed by atoms with van der Waals surface area (Å²) >= 11 is 1.53. The Balaban J connectivity index is 1.63. The molecule has 0 spiro atoms. The molecule has 1 atom stereocenters. The van der Waals surface area contributed by atoms with E-state index in [4.69, 9.17) is 9.47 Å². The molecule has 0 aliphatic carbocycles. The molecular weight excluding hydrogens is 455 g/mol. The molecule has 2 heterocycles. The largest absolute Gasteiger partial charge is 0.489 e. The van der Waals surface area contributed by atoms with Gasteiger partial charge in [0.2, 0.25) is 11.1 Å². The van der Waals surface area contributed by atoms with Gasteiger partial charge in [0.1, 0.15) is 24.2 Å². The highest BCUT2D eigenvalue weighted by molar-refractivity contribution is 7.99. The van der Waals surface area contributed by atoms with Crippen molar-refractivity contribution in [2.24, 2.45) is 0 Å². The maximum Gasteiger partial charge on any atom is 0.338 e. The van der Waals surface area contributed by atoms with Crippen LogP contribution in [0.1, 0.15) is 44.4 Å². The Morgan fingerprint density at radius 2 is 1.94 bits per heavy atom. The molecule has 0 bridgehead atoms. The number of fused-ring (bicyclic) bond motifs is 1. The van der Waals surface area contributed by atoms with Crippen molar-refractivity contribution < 1.29 is 18.7 Å². The molecule has 0 fully saturated rings. The lowest BCUT2D eigenvalue weighted by Gasteiger charge is -2.28. The second-order valence-corrected chi connectivity index (χ2v) is 8.98. The van der Waals surface area contributed by atoms with E-state index in [1.165, 1.54) is 17.8 Å². The number of rotatable bonds is 9. The maximum atomic E-state index is 13.9. The Labute approximate surface area is 202 Å². The summed E-state index contributed by atoms with van der Waals surface area (Å²) in [7, 11) is 0. The molecule has 0 saturated carbocycles. The van der Waals surface area contributed by atoms with Crippen molar-refractivity contribution in [2.45, 2.75) is 45.0 Å². The van der Waals surface area contributed by atoms with E-state index in [0.717, 1.165) is 17.7 Å². The van der Waals surface area contributed by atoms with Crippen LogP contribution in [0.25, 0.3) is 0 Å². The summed E-state index contributed by atoms with van der Waals surface area (Å²) in [4.78, 5) is 17.6. The molecule has 1 aromatic heterocycles. The summed E-state index contributed by atoms with van der Waals surface area (Å²) in [6.45, 7) is 6.29. The lowest BCUT2D eigenvalue weighted by Crippen LogP contribution is -2.29. The third-order valence-electron chi connectivity index (χ3n) is 5.31. The first kappa shape index (κ1) is 23.8. The standard InChI is InChI=1S/C25H27FN4O3S/c1-4-14-32-23(31)21-16(3)27-24-28-25(34-5-2)29-30(24)22(21)17-10-12-19(13-11-17)33-15-18-8-6-7-9-20(18)26/h6-13,22H,4-5,14-15H2,1-3H3,(H,27,28,29). The maximum absolute atomic E-state index is 13.9. The van der Waals surface area contributed by atoms with Gasteiger partial charge in [0.15, 0.2) is 0 Å². The van der Waals surface area contributed by atoms with E-state index in [2.05, 4.69) is 15.4 Å². The average Bonchev–Trinajstić information content (AvgIpc) is 3.23. The number of halogens is 1. The van der Waals surface area contributed by atoms with Gasteiger partial charge in [0.05, 0.1) is 12.2 Å². The van der Waals surface area contributed by atoms with Gasteiger partial charge >= 0.3 is 5.97 Å². The first-order chi connectivity index (χ1) is 16.5. The minimum Gasteiger partial charge on any atom is -0.489 e. The van der Waals surface area contributed by atoms with Crippen molar-refractivity contribution in [3.8, 4) is 5.75 Å². The van der Waals surface area contributed by atoms with Crippen molar-refractivity contribution >= 4 is 23.7 Å². The normalized spacial score (nSPS) is 15.0. The Morgan fingerprint density at radius 1 is 1.18 bits per heavy atom. The van der Waals surface area contributed by atoms with Gasteiger partial charge in [-0.3, -0.25) is 0 Å². The molecule has 1 unspecified atom stereocenters. The first-order valence-electron chi connectivity index (χ1n) is 11.2. The van der Waals surface area contributed by atoms with Crippen LogP contribution in [0.4, 0.5) is 10.3 Å². The average molecular weight is 483 g/mol. The predicted molar refractivity (Wildman–Crippen MR) is 129 cm³/mol. The summed E-state index contributed by atoms with van der Waals surface area (Å²) in [5, 5.41) is 8.48. The smallest absolute Gasteiger partial charge is 0.338 e. The van der Waals surface area contributed by atoms with Crippen LogP contribution in [-0.4, -0.2) is 33.1 Å². The molecule has 7 nitrogen and oxygen atoms in total. The number of carbonyl (C=O) groups is 1. The molecule has 178 valence electrons. The molecule has 0 radical (unpaired) electrons. The van der Waals surface area contributed by atoms with Crippen LogP contribution in [0.15, 0.2) is 65.0 Å². The Morgan fingerprint density at radius 3 is 2.65 bits per heavy atom. The molecule has 3 aromatic rings. The topological polar surface area (TPSA) is 78.3 Å². The fourth-order valence-corrected chi connectivity index (χ4v) is 4.24. The first-order valence-corrected chi connectivity index (χ1v) is 12.2. The van der Waals surface area contributed by atoms with Crippen molar-refractivity contribution in [1.82, 2.24) is 14.8 Å². The molecular formula is C25H27FN4O3S. The van der Waals surface area contributed by atoms with Gasteiger partial charge in [-0.15, -0.1) is 5.10 Å². The summed E-state index contributed by atoms with van der Waals surface area (Å²) in [6, 6.07) is 13.4. The monoisotopic (exact) mass is 482 g/mol. The third kappa shape index (κ3) is 5.09. The van der Waals surface area contributed by atoms with Gasteiger partial charge in [-0.1, -0.05) is 55.9 Å². The van der Waals surface area contributed by atoms with E-state index in [0.29, 0.717) is 40.3 Å². The van der Waals surface area contributed by atoms with Crippen molar-refractivity contribution in [2.75, 3.05) is 17.7 Å². The zero-order valence-electron chi connectivity index (χ0n) is 19.4. The van der Waals surface area contributed by atoms with Gasteiger partial charge in [-0.2, -0.15) is 4.98 Å². The minimum atomic E-state index is -0.500. The van der Waals surface area contributed by atoms with Gasteiger partial charge < -0.3 is 14.8 Å². The number of nitrogens with one attached hydrogen (secondary N) is 1. The minimum absolute atomic E-state index is 0.123. The van der Waals surface area contributed by atoms with E-state index in [1.807, 2.05) is 32.9 Å². The van der Waals surface area contributed by atoms with Crippen LogP contribution in [0.3, 0.4) is 0 Å². The summed E-state index contributed by atoms with van der Waals surface area (Å²) < 4.78 is 26.9. The van der Waals surface area contributed by atoms with E-state index in [9.17, 15) is 9.18 Å². The summed E-state index contributed by atoms with van der Waals surface area (Å²) in [5.74, 6) is 1.31. The molecule has 0 amide bonds. The van der Waals surface area contributed by atoms with Gasteiger partial charge in [0, 0.05) is 11.3 Å². The number of nitrogens with zero attached hydrogens (tertiary/aromatic N) is 3. The van der Waals surface area contributed by atoms with E-state index >= 15 is 0 Å². The van der Waals surface area contributed by atoms with Crippen LogP contribution in [-0.2, 0) is 16.1 Å². The Kier molecular flexibility index (Phi) is 7.52. The molecule has 2 aromatic carbocycles. The summed E-state index contributed by atoms with van der Waals surface area (Å²) in [6.07, 6.45) is 0.732. The summed E-state index contributed by atoms with van der Waals surface area (Å²) in [5.41, 5.74) is 2.48. The predicted octanol–water partition coefficient (Wildman–Crippen LogP) is 5.35. The number of thioether (sulfide) groups is 1. The molecule has 0 saturated heterocycles. The number of aromatic nitrogens is 3. The number of ether oxygens (including phenoxy) is 2. The number of benzene rings is 2. The highest BCUT2D eigenvalue weighted by atomic mass is 32.2. The number of anilines is 1. The molecule has 34 heavy (non-hydrogen) atoms. The fourth-order valence-electron chi connectivity index (χ4n) is 3.69. The van der Waals surface area contributed by atoms with Crippen molar-refractivity contribution in [3.05, 3.63) is 76.7 Å². The molecule has 1 N–H and O–H groups in total. The van der Waals surface area contributed by atoms with E-state index in [-0.39, 0.29) is 18.4 Å². The fraction of sp³-hybridized carbons (Fsp3) is 0.320. The number of hydrogen-bond acceptors (Lipinski definition) is 7. The number of carbonyl (C=O) groups excluding carboxylic acids is 1. The highest BCUT2D eigenvalue weighted by Gasteiger charge is 2.35. The number of esters is 1. The van der Waals surface area contributed by atoms with Gasteiger partial charge in [-0.25, -0.2) is 13.9 Å². The Hall–Kier alpha value is -3.33. The van der Waals surface area contributed by atoms with E-state index in [1.54, 1.807) is 35.0 Å². The highest BCUT2D eigenvalue weighted by Crippen LogP contribution is 2.37. The SMILES string of the molecule is CCCOC(=O)C1=C(C)Nc2nc(SCC)nn2C1c1ccc(OCc2ccccc2F)cc1.